The normalized spacial score (nSPS) is 12.9. The molecule has 0 saturated heterocycles. The quantitative estimate of drug-likeness (QED) is 0.886. The van der Waals surface area contributed by atoms with Crippen LogP contribution in [-0.4, -0.2) is 6.10 Å². The van der Waals surface area contributed by atoms with Crippen molar-refractivity contribution in [2.45, 2.75) is 45.8 Å². The summed E-state index contributed by atoms with van der Waals surface area (Å²) in [5.74, 6) is 0.909. The smallest absolute Gasteiger partial charge is 0.124 e. The van der Waals surface area contributed by atoms with E-state index in [1.807, 2.05) is 25.1 Å². The van der Waals surface area contributed by atoms with Crippen molar-refractivity contribution in [3.8, 4) is 5.75 Å². The second-order valence-corrected chi connectivity index (χ2v) is 4.94. The number of nitrogens with two attached hydrogens (primary N) is 1. The van der Waals surface area contributed by atoms with Crippen molar-refractivity contribution in [1.29, 1.82) is 0 Å². The Morgan fingerprint density at radius 1 is 1.31 bits per heavy atom. The van der Waals surface area contributed by atoms with Gasteiger partial charge in [0.15, 0.2) is 0 Å². The minimum absolute atomic E-state index is 0.0122. The SMILES string of the molecule is CCC(CC)Oc1ccc(Br)cc1[C@H](C)N. The Kier molecular flexibility index (Phi) is 5.29. The Labute approximate surface area is 106 Å². The van der Waals surface area contributed by atoms with Crippen molar-refractivity contribution in [3.05, 3.63) is 28.2 Å². The zero-order chi connectivity index (χ0) is 12.1. The minimum Gasteiger partial charge on any atom is -0.490 e. The number of benzene rings is 1. The predicted molar refractivity (Wildman–Crippen MR) is 71.7 cm³/mol. The van der Waals surface area contributed by atoms with Crippen LogP contribution in [0.1, 0.15) is 45.2 Å². The summed E-state index contributed by atoms with van der Waals surface area (Å²) in [5, 5.41) is 0. The summed E-state index contributed by atoms with van der Waals surface area (Å²) in [6.45, 7) is 6.25. The maximum absolute atomic E-state index is 5.96. The lowest BCUT2D eigenvalue weighted by Gasteiger charge is -2.20. The molecular formula is C13H20BrNO. The van der Waals surface area contributed by atoms with E-state index in [1.54, 1.807) is 0 Å². The van der Waals surface area contributed by atoms with Gasteiger partial charge in [0.05, 0.1) is 6.10 Å². The van der Waals surface area contributed by atoms with Crippen LogP contribution in [0.2, 0.25) is 0 Å². The largest absolute Gasteiger partial charge is 0.490 e. The van der Waals surface area contributed by atoms with E-state index in [9.17, 15) is 0 Å². The average Bonchev–Trinajstić information content (AvgIpc) is 2.27. The molecule has 2 N–H and O–H groups in total. The van der Waals surface area contributed by atoms with Gasteiger partial charge in [-0.05, 0) is 38.0 Å². The molecule has 2 nitrogen and oxygen atoms in total. The molecular weight excluding hydrogens is 266 g/mol. The van der Waals surface area contributed by atoms with Crippen molar-refractivity contribution in [2.75, 3.05) is 0 Å². The van der Waals surface area contributed by atoms with Crippen molar-refractivity contribution in [1.82, 2.24) is 0 Å². The summed E-state index contributed by atoms with van der Waals surface area (Å²) in [6.07, 6.45) is 2.31. The minimum atomic E-state index is -0.0122. The van der Waals surface area contributed by atoms with E-state index in [-0.39, 0.29) is 12.1 Å². The molecule has 1 aromatic carbocycles. The second kappa shape index (κ2) is 6.26. The van der Waals surface area contributed by atoms with Crippen LogP contribution in [0.25, 0.3) is 0 Å². The molecule has 0 unspecified atom stereocenters. The molecule has 0 aromatic heterocycles. The lowest BCUT2D eigenvalue weighted by molar-refractivity contribution is 0.190. The molecule has 0 aliphatic rings. The third-order valence-electron chi connectivity index (χ3n) is 2.67. The molecule has 0 saturated carbocycles. The van der Waals surface area contributed by atoms with E-state index in [0.717, 1.165) is 28.6 Å². The van der Waals surface area contributed by atoms with Crippen LogP contribution in [0.5, 0.6) is 5.75 Å². The van der Waals surface area contributed by atoms with E-state index < -0.39 is 0 Å². The zero-order valence-corrected chi connectivity index (χ0v) is 11.8. The highest BCUT2D eigenvalue weighted by atomic mass is 79.9. The fourth-order valence-electron chi connectivity index (χ4n) is 1.62. The molecule has 3 heteroatoms. The van der Waals surface area contributed by atoms with Crippen LogP contribution in [-0.2, 0) is 0 Å². The molecule has 0 fully saturated rings. The topological polar surface area (TPSA) is 35.2 Å². The Morgan fingerprint density at radius 3 is 2.44 bits per heavy atom. The van der Waals surface area contributed by atoms with Crippen molar-refractivity contribution in [2.24, 2.45) is 5.73 Å². The Morgan fingerprint density at radius 2 is 1.94 bits per heavy atom. The third-order valence-corrected chi connectivity index (χ3v) is 3.16. The monoisotopic (exact) mass is 285 g/mol. The number of hydrogen-bond acceptors (Lipinski definition) is 2. The van der Waals surface area contributed by atoms with Gasteiger partial charge in [-0.3, -0.25) is 0 Å². The standard InChI is InChI=1S/C13H20BrNO/c1-4-11(5-2)16-13-7-6-10(14)8-12(13)9(3)15/h6-9,11H,4-5,15H2,1-3H3/t9-/m0/s1. The summed E-state index contributed by atoms with van der Waals surface area (Å²) >= 11 is 3.45. The first-order chi connectivity index (χ1) is 7.58. The van der Waals surface area contributed by atoms with Crippen molar-refractivity contribution >= 4 is 15.9 Å². The van der Waals surface area contributed by atoms with Crippen LogP contribution < -0.4 is 10.5 Å². The van der Waals surface area contributed by atoms with Crippen molar-refractivity contribution in [3.63, 3.8) is 0 Å². The van der Waals surface area contributed by atoms with E-state index in [4.69, 9.17) is 10.5 Å². The van der Waals surface area contributed by atoms with Gasteiger partial charge in [0.2, 0.25) is 0 Å². The van der Waals surface area contributed by atoms with E-state index in [2.05, 4.69) is 29.8 Å². The maximum Gasteiger partial charge on any atom is 0.124 e. The zero-order valence-electron chi connectivity index (χ0n) is 10.2. The fraction of sp³-hybridized carbons (Fsp3) is 0.538. The lowest BCUT2D eigenvalue weighted by atomic mass is 10.1. The molecule has 90 valence electrons. The third kappa shape index (κ3) is 3.49. The Bertz CT molecular complexity index is 335. The first-order valence-electron chi connectivity index (χ1n) is 5.80. The van der Waals surface area contributed by atoms with Gasteiger partial charge in [-0.25, -0.2) is 0 Å². The highest BCUT2D eigenvalue weighted by molar-refractivity contribution is 9.10. The van der Waals surface area contributed by atoms with E-state index in [0.29, 0.717) is 0 Å². The second-order valence-electron chi connectivity index (χ2n) is 4.03. The first-order valence-corrected chi connectivity index (χ1v) is 6.59. The predicted octanol–water partition coefficient (Wildman–Crippen LogP) is 4.04. The van der Waals surface area contributed by atoms with E-state index in [1.165, 1.54) is 0 Å². The summed E-state index contributed by atoms with van der Waals surface area (Å²) in [7, 11) is 0. The number of hydrogen-bond donors (Lipinski definition) is 1. The number of halogens is 1. The molecule has 0 aliphatic carbocycles. The lowest BCUT2D eigenvalue weighted by Crippen LogP contribution is -2.16. The van der Waals surface area contributed by atoms with Crippen LogP contribution in [0, 0.1) is 0 Å². The molecule has 0 bridgehead atoms. The van der Waals surface area contributed by atoms with Gasteiger partial charge in [0.25, 0.3) is 0 Å². The highest BCUT2D eigenvalue weighted by Gasteiger charge is 2.12. The summed E-state index contributed by atoms with van der Waals surface area (Å²) in [5.41, 5.74) is 7.00. The Balaban J connectivity index is 2.94. The van der Waals surface area contributed by atoms with Gasteiger partial charge < -0.3 is 10.5 Å². The van der Waals surface area contributed by atoms with Crippen LogP contribution in [0.15, 0.2) is 22.7 Å². The molecule has 0 radical (unpaired) electrons. The average molecular weight is 286 g/mol. The molecule has 1 aromatic rings. The molecule has 0 spiro atoms. The van der Waals surface area contributed by atoms with Crippen LogP contribution in [0.4, 0.5) is 0 Å². The molecule has 0 amide bonds. The molecule has 1 atom stereocenters. The summed E-state index contributed by atoms with van der Waals surface area (Å²) in [4.78, 5) is 0. The van der Waals surface area contributed by atoms with Gasteiger partial charge in [-0.1, -0.05) is 29.8 Å². The number of ether oxygens (including phenoxy) is 1. The van der Waals surface area contributed by atoms with Crippen LogP contribution >= 0.6 is 15.9 Å². The fourth-order valence-corrected chi connectivity index (χ4v) is 2.00. The first kappa shape index (κ1) is 13.5. The maximum atomic E-state index is 5.96. The Hall–Kier alpha value is -0.540. The highest BCUT2D eigenvalue weighted by Crippen LogP contribution is 2.28. The van der Waals surface area contributed by atoms with E-state index >= 15 is 0 Å². The summed E-state index contributed by atoms with van der Waals surface area (Å²) in [6, 6.07) is 5.99. The van der Waals surface area contributed by atoms with Gasteiger partial charge in [-0.2, -0.15) is 0 Å². The van der Waals surface area contributed by atoms with Gasteiger partial charge in [-0.15, -0.1) is 0 Å². The number of rotatable bonds is 5. The van der Waals surface area contributed by atoms with Gasteiger partial charge in [0.1, 0.15) is 5.75 Å². The molecule has 0 heterocycles. The molecule has 16 heavy (non-hydrogen) atoms. The molecule has 1 rings (SSSR count). The summed E-state index contributed by atoms with van der Waals surface area (Å²) < 4.78 is 7.00. The van der Waals surface area contributed by atoms with Gasteiger partial charge >= 0.3 is 0 Å². The van der Waals surface area contributed by atoms with Gasteiger partial charge in [0, 0.05) is 16.1 Å². The molecule has 0 aliphatic heterocycles. The van der Waals surface area contributed by atoms with Crippen molar-refractivity contribution < 1.29 is 4.74 Å². The van der Waals surface area contributed by atoms with Crippen LogP contribution in [0.3, 0.4) is 0 Å².